The lowest BCUT2D eigenvalue weighted by atomic mass is 9.70. The third kappa shape index (κ3) is 4.75. The molecule has 0 N–H and O–H groups in total. The molecule has 0 fully saturated rings. The quantitative estimate of drug-likeness (QED) is 0.170. The van der Waals surface area contributed by atoms with Crippen molar-refractivity contribution in [1.29, 1.82) is 0 Å². The van der Waals surface area contributed by atoms with Gasteiger partial charge in [-0.3, -0.25) is 0 Å². The van der Waals surface area contributed by atoms with Crippen molar-refractivity contribution in [2.45, 2.75) is 5.41 Å². The van der Waals surface area contributed by atoms with Gasteiger partial charge in [0.2, 0.25) is 0 Å². The Morgan fingerprint density at radius 1 is 0.236 bits per heavy atom. The van der Waals surface area contributed by atoms with E-state index in [1.54, 1.807) is 0 Å². The Labute approximate surface area is 321 Å². The molecule has 0 aromatic heterocycles. The number of hydrogen-bond donors (Lipinski definition) is 0. The van der Waals surface area contributed by atoms with Gasteiger partial charge < -0.3 is 9.80 Å². The molecule has 0 aliphatic heterocycles. The largest absolute Gasteiger partial charge is 0.310 e. The van der Waals surface area contributed by atoms with E-state index in [1.807, 2.05) is 0 Å². The summed E-state index contributed by atoms with van der Waals surface area (Å²) in [5.41, 5.74) is 16.8. The minimum Gasteiger partial charge on any atom is -0.310 e. The molecule has 2 aliphatic carbocycles. The minimum absolute atomic E-state index is 0.445. The fourth-order valence-corrected chi connectivity index (χ4v) is 9.34. The van der Waals surface area contributed by atoms with Gasteiger partial charge in [-0.2, -0.15) is 0 Å². The number of benzene rings is 9. The van der Waals surface area contributed by atoms with Crippen LogP contribution in [0.4, 0.5) is 34.1 Å². The first kappa shape index (κ1) is 31.4. The predicted molar refractivity (Wildman–Crippen MR) is 230 cm³/mol. The van der Waals surface area contributed by atoms with Gasteiger partial charge in [-0.1, -0.05) is 146 Å². The molecule has 258 valence electrons. The van der Waals surface area contributed by atoms with Crippen molar-refractivity contribution in [1.82, 2.24) is 0 Å². The molecule has 1 atom stereocenters. The van der Waals surface area contributed by atoms with Crippen LogP contribution in [-0.4, -0.2) is 0 Å². The maximum Gasteiger partial charge on any atom is 0.0725 e. The van der Waals surface area contributed by atoms with E-state index in [-0.39, 0.29) is 0 Å². The molecule has 0 saturated heterocycles. The fraction of sp³-hybridized carbons (Fsp3) is 0.0189. The molecular formula is C53H36N2. The van der Waals surface area contributed by atoms with E-state index >= 15 is 0 Å². The molecule has 2 nitrogen and oxygen atoms in total. The normalized spacial score (nSPS) is 14.6. The van der Waals surface area contributed by atoms with Crippen molar-refractivity contribution < 1.29 is 0 Å². The average Bonchev–Trinajstić information content (AvgIpc) is 3.72. The highest BCUT2D eigenvalue weighted by molar-refractivity contribution is 5.98. The summed E-state index contributed by atoms with van der Waals surface area (Å²) in [5.74, 6) is 0. The van der Waals surface area contributed by atoms with Crippen LogP contribution in [0.25, 0.3) is 33.0 Å². The topological polar surface area (TPSA) is 6.48 Å². The molecule has 0 saturated carbocycles. The van der Waals surface area contributed by atoms with Gasteiger partial charge in [0.05, 0.1) is 5.41 Å². The van der Waals surface area contributed by atoms with Crippen molar-refractivity contribution in [2.24, 2.45) is 0 Å². The smallest absolute Gasteiger partial charge is 0.0725 e. The van der Waals surface area contributed by atoms with Gasteiger partial charge in [-0.05, 0) is 128 Å². The Bertz CT molecular complexity index is 2840. The van der Waals surface area contributed by atoms with Gasteiger partial charge in [-0.15, -0.1) is 0 Å². The van der Waals surface area contributed by atoms with E-state index < -0.39 is 5.41 Å². The van der Waals surface area contributed by atoms with Crippen LogP contribution < -0.4 is 9.80 Å². The van der Waals surface area contributed by atoms with E-state index in [2.05, 4.69) is 228 Å². The first-order chi connectivity index (χ1) is 27.3. The van der Waals surface area contributed by atoms with Gasteiger partial charge in [0.1, 0.15) is 0 Å². The zero-order valence-corrected chi connectivity index (χ0v) is 30.2. The van der Waals surface area contributed by atoms with Gasteiger partial charge in [-0.25, -0.2) is 0 Å². The Balaban J connectivity index is 1.12. The summed E-state index contributed by atoms with van der Waals surface area (Å²) in [7, 11) is 0. The van der Waals surface area contributed by atoms with Crippen LogP contribution in [0.2, 0.25) is 0 Å². The van der Waals surface area contributed by atoms with E-state index in [4.69, 9.17) is 0 Å². The van der Waals surface area contributed by atoms with E-state index in [0.717, 1.165) is 34.1 Å². The maximum atomic E-state index is 2.42. The number of rotatable bonds is 6. The van der Waals surface area contributed by atoms with Crippen molar-refractivity contribution in [3.8, 4) is 22.3 Å². The van der Waals surface area contributed by atoms with Crippen LogP contribution in [0.1, 0.15) is 22.3 Å². The molecule has 9 aromatic rings. The van der Waals surface area contributed by atoms with Crippen LogP contribution >= 0.6 is 0 Å². The van der Waals surface area contributed by atoms with Crippen molar-refractivity contribution in [3.05, 3.63) is 241 Å². The lowest BCUT2D eigenvalue weighted by Crippen LogP contribution is -2.26. The summed E-state index contributed by atoms with van der Waals surface area (Å²) in [4.78, 5) is 4.76. The van der Waals surface area contributed by atoms with E-state index in [9.17, 15) is 0 Å². The van der Waals surface area contributed by atoms with Crippen molar-refractivity contribution in [2.75, 3.05) is 9.80 Å². The standard InChI is InChI=1S/C53H36N2/c1-4-18-39(19-5-1)54(40-20-6-2-7-21-40)43-30-32-51-47(35-43)45-24-12-14-26-49(45)53(51)50-27-15-13-25-46(50)48-36-44(31-33-52(48)53)55(41-22-8-3-9-23-41)42-29-28-37-16-10-11-17-38(37)34-42/h1-36H. The summed E-state index contributed by atoms with van der Waals surface area (Å²) in [6, 6.07) is 79.9. The Morgan fingerprint density at radius 2 is 0.600 bits per heavy atom. The third-order valence-electron chi connectivity index (χ3n) is 11.6. The number of fused-ring (bicyclic) bond motifs is 11. The van der Waals surface area contributed by atoms with Crippen LogP contribution in [0, 0.1) is 0 Å². The molecule has 0 heterocycles. The summed E-state index contributed by atoms with van der Waals surface area (Å²) in [6.45, 7) is 0. The second kappa shape index (κ2) is 12.5. The highest BCUT2D eigenvalue weighted by Crippen LogP contribution is 2.63. The van der Waals surface area contributed by atoms with Crippen LogP contribution in [0.15, 0.2) is 218 Å². The van der Waals surface area contributed by atoms with Crippen molar-refractivity contribution in [3.63, 3.8) is 0 Å². The molecule has 0 bridgehead atoms. The zero-order valence-electron chi connectivity index (χ0n) is 30.2. The number of hydrogen-bond acceptors (Lipinski definition) is 2. The van der Waals surface area contributed by atoms with Gasteiger partial charge >= 0.3 is 0 Å². The van der Waals surface area contributed by atoms with Gasteiger partial charge in [0.25, 0.3) is 0 Å². The number of nitrogens with zero attached hydrogens (tertiary/aromatic N) is 2. The second-order valence-electron chi connectivity index (χ2n) is 14.5. The third-order valence-corrected chi connectivity index (χ3v) is 11.6. The summed E-state index contributed by atoms with van der Waals surface area (Å²) < 4.78 is 0. The lowest BCUT2D eigenvalue weighted by Gasteiger charge is -2.32. The van der Waals surface area contributed by atoms with Gasteiger partial charge in [0, 0.05) is 34.1 Å². The van der Waals surface area contributed by atoms with Crippen molar-refractivity contribution >= 4 is 44.9 Å². The molecule has 11 rings (SSSR count). The fourth-order valence-electron chi connectivity index (χ4n) is 9.34. The molecule has 2 heteroatoms. The van der Waals surface area contributed by atoms with Crippen LogP contribution in [0.5, 0.6) is 0 Å². The summed E-state index contributed by atoms with van der Waals surface area (Å²) in [6.07, 6.45) is 0. The molecule has 1 unspecified atom stereocenters. The maximum absolute atomic E-state index is 2.42. The molecule has 9 aromatic carbocycles. The molecule has 0 radical (unpaired) electrons. The highest BCUT2D eigenvalue weighted by atomic mass is 15.1. The SMILES string of the molecule is c1ccc(N(c2ccccc2)c2ccc3c(c2)-c2ccccc2C32c3ccccc3-c3cc(N(c4ccccc4)c4ccc5ccccc5c4)ccc32)cc1. The Hall–Kier alpha value is -7.16. The summed E-state index contributed by atoms with van der Waals surface area (Å²) in [5, 5.41) is 2.46. The minimum atomic E-state index is -0.445. The predicted octanol–water partition coefficient (Wildman–Crippen LogP) is 14.1. The molecular weight excluding hydrogens is 665 g/mol. The van der Waals surface area contributed by atoms with Crippen LogP contribution in [0.3, 0.4) is 0 Å². The number of anilines is 6. The molecule has 55 heavy (non-hydrogen) atoms. The Kier molecular flexibility index (Phi) is 7.11. The highest BCUT2D eigenvalue weighted by Gasteiger charge is 2.51. The van der Waals surface area contributed by atoms with E-state index in [0.29, 0.717) is 0 Å². The van der Waals surface area contributed by atoms with Crippen LogP contribution in [-0.2, 0) is 5.41 Å². The molecule has 2 aliphatic rings. The van der Waals surface area contributed by atoms with E-state index in [1.165, 1.54) is 55.3 Å². The Morgan fingerprint density at radius 3 is 1.11 bits per heavy atom. The first-order valence-electron chi connectivity index (χ1n) is 19.0. The number of para-hydroxylation sites is 3. The zero-order chi connectivity index (χ0) is 36.3. The lowest BCUT2D eigenvalue weighted by molar-refractivity contribution is 0.793. The van der Waals surface area contributed by atoms with Gasteiger partial charge in [0.15, 0.2) is 0 Å². The molecule has 1 spiro atoms. The second-order valence-corrected chi connectivity index (χ2v) is 14.5. The first-order valence-corrected chi connectivity index (χ1v) is 19.0. The molecule has 0 amide bonds. The summed E-state index contributed by atoms with van der Waals surface area (Å²) >= 11 is 0. The average molecular weight is 701 g/mol. The monoisotopic (exact) mass is 700 g/mol.